The van der Waals surface area contributed by atoms with Crippen molar-refractivity contribution >= 4 is 11.5 Å². The summed E-state index contributed by atoms with van der Waals surface area (Å²) in [4.78, 5) is 16.1. The summed E-state index contributed by atoms with van der Waals surface area (Å²) in [5, 5.41) is 3.13. The molecule has 0 aliphatic carbocycles. The third-order valence-electron chi connectivity index (χ3n) is 3.02. The van der Waals surface area contributed by atoms with Crippen LogP contribution >= 0.6 is 0 Å². The topological polar surface area (TPSA) is 72.9 Å². The van der Waals surface area contributed by atoms with Gasteiger partial charge in [-0.15, -0.1) is 0 Å². The highest BCUT2D eigenvalue weighted by molar-refractivity contribution is 5.44. The lowest BCUT2D eigenvalue weighted by Gasteiger charge is -2.15. The zero-order valence-corrected chi connectivity index (χ0v) is 11.1. The minimum atomic E-state index is -0.110. The Morgan fingerprint density at radius 2 is 2.26 bits per heavy atom. The van der Waals surface area contributed by atoms with Gasteiger partial charge < -0.3 is 15.6 Å². The van der Waals surface area contributed by atoms with Crippen LogP contribution in [-0.4, -0.2) is 9.55 Å². The second-order valence-electron chi connectivity index (χ2n) is 4.40. The minimum absolute atomic E-state index is 0.0311. The standard InChI is InChI=1S/C14H18N4O/c1-3-18-8-7-16-13(14(18)19)17-10(2)11-5-4-6-12(15)9-11/h4-10H,3,15H2,1-2H3,(H,16,17). The van der Waals surface area contributed by atoms with Crippen molar-refractivity contribution in [2.24, 2.45) is 0 Å². The molecule has 0 radical (unpaired) electrons. The fourth-order valence-corrected chi connectivity index (χ4v) is 1.91. The van der Waals surface area contributed by atoms with Crippen LogP contribution in [0.2, 0.25) is 0 Å². The summed E-state index contributed by atoms with van der Waals surface area (Å²) in [6.07, 6.45) is 3.30. The van der Waals surface area contributed by atoms with Crippen LogP contribution in [0.25, 0.3) is 0 Å². The Kier molecular flexibility index (Phi) is 3.85. The number of nitrogens with two attached hydrogens (primary N) is 1. The number of nitrogens with one attached hydrogen (secondary N) is 1. The average Bonchev–Trinajstić information content (AvgIpc) is 2.41. The van der Waals surface area contributed by atoms with Crippen molar-refractivity contribution in [3.63, 3.8) is 0 Å². The van der Waals surface area contributed by atoms with Gasteiger partial charge in [0, 0.05) is 24.6 Å². The Morgan fingerprint density at radius 1 is 1.47 bits per heavy atom. The molecule has 1 heterocycles. The van der Waals surface area contributed by atoms with Gasteiger partial charge in [0.25, 0.3) is 5.56 Å². The maximum absolute atomic E-state index is 12.0. The van der Waals surface area contributed by atoms with Crippen molar-refractivity contribution in [1.82, 2.24) is 9.55 Å². The molecule has 0 saturated heterocycles. The minimum Gasteiger partial charge on any atom is -0.399 e. The molecule has 1 aromatic heterocycles. The van der Waals surface area contributed by atoms with Gasteiger partial charge in [-0.2, -0.15) is 0 Å². The Balaban J connectivity index is 2.24. The van der Waals surface area contributed by atoms with E-state index in [-0.39, 0.29) is 11.6 Å². The van der Waals surface area contributed by atoms with E-state index in [0.717, 1.165) is 5.56 Å². The van der Waals surface area contributed by atoms with Crippen molar-refractivity contribution in [1.29, 1.82) is 0 Å². The molecule has 2 aromatic rings. The molecule has 0 spiro atoms. The Hall–Kier alpha value is -2.30. The fourth-order valence-electron chi connectivity index (χ4n) is 1.91. The zero-order valence-electron chi connectivity index (χ0n) is 11.1. The smallest absolute Gasteiger partial charge is 0.293 e. The predicted octanol–water partition coefficient (Wildman–Crippen LogP) is 2.02. The van der Waals surface area contributed by atoms with Crippen molar-refractivity contribution < 1.29 is 0 Å². The summed E-state index contributed by atoms with van der Waals surface area (Å²) in [5.74, 6) is 0.360. The molecule has 3 N–H and O–H groups in total. The lowest BCUT2D eigenvalue weighted by atomic mass is 10.1. The van der Waals surface area contributed by atoms with Gasteiger partial charge in [0.15, 0.2) is 5.82 Å². The van der Waals surface area contributed by atoms with E-state index < -0.39 is 0 Å². The summed E-state index contributed by atoms with van der Waals surface area (Å²) in [7, 11) is 0. The molecule has 19 heavy (non-hydrogen) atoms. The van der Waals surface area contributed by atoms with E-state index in [0.29, 0.717) is 18.1 Å². The first-order chi connectivity index (χ1) is 9.11. The third kappa shape index (κ3) is 2.93. The molecule has 5 heteroatoms. The third-order valence-corrected chi connectivity index (χ3v) is 3.02. The van der Waals surface area contributed by atoms with Crippen LogP contribution < -0.4 is 16.6 Å². The number of aryl methyl sites for hydroxylation is 1. The highest BCUT2D eigenvalue weighted by Gasteiger charge is 2.09. The fraction of sp³-hybridized carbons (Fsp3) is 0.286. The van der Waals surface area contributed by atoms with Gasteiger partial charge in [-0.05, 0) is 31.5 Å². The van der Waals surface area contributed by atoms with E-state index in [4.69, 9.17) is 5.73 Å². The molecule has 1 unspecified atom stereocenters. The Morgan fingerprint density at radius 3 is 2.95 bits per heavy atom. The van der Waals surface area contributed by atoms with E-state index in [9.17, 15) is 4.79 Å². The molecule has 1 atom stereocenters. The van der Waals surface area contributed by atoms with E-state index in [1.165, 1.54) is 0 Å². The van der Waals surface area contributed by atoms with Crippen molar-refractivity contribution in [3.05, 3.63) is 52.6 Å². The van der Waals surface area contributed by atoms with E-state index in [2.05, 4.69) is 10.3 Å². The monoisotopic (exact) mass is 258 g/mol. The Bertz CT molecular complexity index is 621. The van der Waals surface area contributed by atoms with Crippen molar-refractivity contribution in [3.8, 4) is 0 Å². The number of benzene rings is 1. The number of anilines is 2. The maximum atomic E-state index is 12.0. The van der Waals surface area contributed by atoms with Crippen molar-refractivity contribution in [2.75, 3.05) is 11.1 Å². The van der Waals surface area contributed by atoms with Crippen LogP contribution in [0.1, 0.15) is 25.5 Å². The normalized spacial score (nSPS) is 12.1. The number of rotatable bonds is 4. The van der Waals surface area contributed by atoms with Gasteiger partial charge in [-0.3, -0.25) is 4.79 Å². The molecule has 0 saturated carbocycles. The lowest BCUT2D eigenvalue weighted by molar-refractivity contribution is 0.714. The summed E-state index contributed by atoms with van der Waals surface area (Å²) in [6, 6.07) is 7.55. The first kappa shape index (κ1) is 13.1. The molecule has 1 aromatic carbocycles. The Labute approximate surface area is 112 Å². The highest BCUT2D eigenvalue weighted by atomic mass is 16.1. The summed E-state index contributed by atoms with van der Waals surface area (Å²) in [6.45, 7) is 4.52. The van der Waals surface area contributed by atoms with Crippen LogP contribution in [0.5, 0.6) is 0 Å². The second kappa shape index (κ2) is 5.56. The molecule has 0 fully saturated rings. The number of nitrogens with zero attached hydrogens (tertiary/aromatic N) is 2. The van der Waals surface area contributed by atoms with Crippen molar-refractivity contribution in [2.45, 2.75) is 26.4 Å². The van der Waals surface area contributed by atoms with E-state index in [1.807, 2.05) is 38.1 Å². The molecule has 0 aliphatic heterocycles. The van der Waals surface area contributed by atoms with Gasteiger partial charge in [0.1, 0.15) is 0 Å². The van der Waals surface area contributed by atoms with Gasteiger partial charge in [0.05, 0.1) is 6.04 Å². The van der Waals surface area contributed by atoms with E-state index in [1.54, 1.807) is 17.0 Å². The lowest BCUT2D eigenvalue weighted by Crippen LogP contribution is -2.24. The summed E-state index contributed by atoms with van der Waals surface area (Å²) < 4.78 is 1.61. The van der Waals surface area contributed by atoms with E-state index >= 15 is 0 Å². The molecular formula is C14H18N4O. The zero-order chi connectivity index (χ0) is 13.8. The van der Waals surface area contributed by atoms with Gasteiger partial charge >= 0.3 is 0 Å². The molecular weight excluding hydrogens is 240 g/mol. The van der Waals surface area contributed by atoms with Crippen LogP contribution in [0.15, 0.2) is 41.5 Å². The average molecular weight is 258 g/mol. The second-order valence-corrected chi connectivity index (χ2v) is 4.40. The van der Waals surface area contributed by atoms with Crippen LogP contribution in [0, 0.1) is 0 Å². The van der Waals surface area contributed by atoms with Crippen LogP contribution in [-0.2, 0) is 6.54 Å². The van der Waals surface area contributed by atoms with Gasteiger partial charge in [-0.1, -0.05) is 12.1 Å². The molecule has 2 rings (SSSR count). The quantitative estimate of drug-likeness (QED) is 0.823. The first-order valence-corrected chi connectivity index (χ1v) is 6.29. The maximum Gasteiger partial charge on any atom is 0.293 e. The molecule has 5 nitrogen and oxygen atoms in total. The molecule has 100 valence electrons. The van der Waals surface area contributed by atoms with Crippen LogP contribution in [0.3, 0.4) is 0 Å². The molecule has 0 bridgehead atoms. The number of hydrogen-bond acceptors (Lipinski definition) is 4. The summed E-state index contributed by atoms with van der Waals surface area (Å²) >= 11 is 0. The summed E-state index contributed by atoms with van der Waals surface area (Å²) in [5.41, 5.74) is 7.37. The predicted molar refractivity (Wildman–Crippen MR) is 77.1 cm³/mol. The SMILES string of the molecule is CCn1ccnc(NC(C)c2cccc(N)c2)c1=O. The van der Waals surface area contributed by atoms with Gasteiger partial charge in [-0.25, -0.2) is 4.98 Å². The van der Waals surface area contributed by atoms with Crippen LogP contribution in [0.4, 0.5) is 11.5 Å². The highest BCUT2D eigenvalue weighted by Crippen LogP contribution is 2.18. The number of aromatic nitrogens is 2. The molecule has 0 amide bonds. The first-order valence-electron chi connectivity index (χ1n) is 6.29. The van der Waals surface area contributed by atoms with Gasteiger partial charge in [0.2, 0.25) is 0 Å². The number of nitrogen functional groups attached to an aromatic ring is 1. The largest absolute Gasteiger partial charge is 0.399 e. The number of hydrogen-bond donors (Lipinski definition) is 2. The molecule has 0 aliphatic rings.